The largest absolute Gasteiger partial charge is 0.297 e. The highest BCUT2D eigenvalue weighted by atomic mass is 35.5. The van der Waals surface area contributed by atoms with Gasteiger partial charge in [0, 0.05) is 28.7 Å². The Morgan fingerprint density at radius 2 is 1.78 bits per heavy atom. The topological polar surface area (TPSA) is 56.6 Å². The minimum absolute atomic E-state index is 0.178. The third-order valence-corrected chi connectivity index (χ3v) is 8.09. The van der Waals surface area contributed by atoms with Crippen LogP contribution in [0, 0.1) is 12.8 Å². The predicted octanol–water partition coefficient (Wildman–Crippen LogP) is 6.97. The molecule has 0 N–H and O–H groups in total. The van der Waals surface area contributed by atoms with Gasteiger partial charge < -0.3 is 0 Å². The van der Waals surface area contributed by atoms with E-state index in [-0.39, 0.29) is 5.56 Å². The Morgan fingerprint density at radius 1 is 1.06 bits per heavy atom. The first-order chi connectivity index (χ1) is 17.3. The molecule has 186 valence electrons. The molecule has 6 nitrogen and oxygen atoms in total. The van der Waals surface area contributed by atoms with Crippen LogP contribution in [-0.2, 0) is 7.05 Å². The quantitative estimate of drug-likeness (QED) is 0.276. The van der Waals surface area contributed by atoms with Gasteiger partial charge in [-0.25, -0.2) is 14.4 Å². The van der Waals surface area contributed by atoms with Crippen LogP contribution >= 0.6 is 34.5 Å². The van der Waals surface area contributed by atoms with E-state index in [0.29, 0.717) is 26.5 Å². The molecule has 2 heterocycles. The monoisotopic (exact) mass is 539 g/mol. The number of rotatable bonds is 4. The molecule has 0 unspecified atom stereocenters. The molecule has 0 saturated heterocycles. The summed E-state index contributed by atoms with van der Waals surface area (Å²) >= 11 is 14.3. The van der Waals surface area contributed by atoms with Crippen LogP contribution in [0.5, 0.6) is 0 Å². The third kappa shape index (κ3) is 4.75. The number of aromatic nitrogens is 3. The Balaban J connectivity index is 1.71. The highest BCUT2D eigenvalue weighted by Gasteiger charge is 2.19. The Hall–Kier alpha value is -2.87. The Morgan fingerprint density at radius 3 is 2.50 bits per heavy atom. The number of hydrogen-bond donors (Lipinski definition) is 0. The summed E-state index contributed by atoms with van der Waals surface area (Å²) in [7, 11) is 1.87. The lowest BCUT2D eigenvalue weighted by Gasteiger charge is -2.19. The van der Waals surface area contributed by atoms with E-state index < -0.39 is 0 Å². The lowest BCUT2D eigenvalue weighted by Crippen LogP contribution is -2.20. The zero-order valence-corrected chi connectivity index (χ0v) is 22.7. The van der Waals surface area contributed by atoms with Gasteiger partial charge in [-0.05, 0) is 68.9 Å². The number of nitrogens with zero attached hydrogens (tertiary/aromatic N) is 5. The van der Waals surface area contributed by atoms with Gasteiger partial charge in [-0.15, -0.1) is 11.3 Å². The van der Waals surface area contributed by atoms with E-state index >= 15 is 0 Å². The molecule has 0 amide bonds. The fourth-order valence-electron chi connectivity index (χ4n) is 4.47. The van der Waals surface area contributed by atoms with E-state index in [4.69, 9.17) is 33.3 Å². The lowest BCUT2D eigenvalue weighted by molar-refractivity contribution is 0.481. The maximum Gasteiger partial charge on any atom is 0.297 e. The van der Waals surface area contributed by atoms with Crippen LogP contribution in [0.4, 0.5) is 5.69 Å². The molecular weight excluding hydrogens is 513 g/mol. The molecule has 0 aliphatic heterocycles. The molecule has 1 fully saturated rings. The van der Waals surface area contributed by atoms with Gasteiger partial charge in [-0.1, -0.05) is 48.3 Å². The molecule has 0 spiro atoms. The standard InChI is InChI=1S/C27H27Cl2N5OS/c1-17-9-12-20(13-10-17)31-33-24(22-15-19(28)11-14-23(22)29)16-36-27(33)30-25-18(2)32(3)34(26(25)35)21-7-5-4-6-8-21/h4-8,11,14-17H,9-10,12-13H2,1-3H3. The second-order valence-corrected chi connectivity index (χ2v) is 10.9. The molecule has 0 radical (unpaired) electrons. The Kier molecular flexibility index (Phi) is 7.06. The van der Waals surface area contributed by atoms with E-state index in [2.05, 4.69) is 6.92 Å². The van der Waals surface area contributed by atoms with E-state index in [9.17, 15) is 4.79 Å². The van der Waals surface area contributed by atoms with Crippen LogP contribution < -0.4 is 10.4 Å². The first kappa shape index (κ1) is 24.8. The number of thiazole rings is 1. The highest BCUT2D eigenvalue weighted by molar-refractivity contribution is 7.07. The number of hydrogen-bond acceptors (Lipinski definition) is 4. The smallest absolute Gasteiger partial charge is 0.283 e. The summed E-state index contributed by atoms with van der Waals surface area (Å²) in [6.45, 7) is 4.18. The molecule has 4 aromatic rings. The first-order valence-corrected chi connectivity index (χ1v) is 13.6. The van der Waals surface area contributed by atoms with Crippen molar-refractivity contribution >= 4 is 45.9 Å². The van der Waals surface area contributed by atoms with Crippen molar-refractivity contribution in [3.05, 3.63) is 84.8 Å². The van der Waals surface area contributed by atoms with Crippen molar-refractivity contribution in [1.82, 2.24) is 14.0 Å². The van der Waals surface area contributed by atoms with Crippen molar-refractivity contribution in [1.29, 1.82) is 0 Å². The fraction of sp³-hybridized carbons (Fsp3) is 0.296. The SMILES string of the molecule is Cc1c(N=c2scc(-c3cc(Cl)ccc3Cl)n2N=C2CCC(C)CC2)c(=O)n(-c2ccccc2)n1C. The summed E-state index contributed by atoms with van der Waals surface area (Å²) in [6, 6.07) is 15.0. The van der Waals surface area contributed by atoms with Crippen LogP contribution in [0.15, 0.2) is 68.8 Å². The minimum atomic E-state index is -0.178. The van der Waals surface area contributed by atoms with E-state index in [1.165, 1.54) is 11.3 Å². The van der Waals surface area contributed by atoms with Gasteiger partial charge in [0.15, 0.2) is 5.69 Å². The third-order valence-electron chi connectivity index (χ3n) is 6.71. The van der Waals surface area contributed by atoms with Crippen molar-refractivity contribution in [2.45, 2.75) is 39.5 Å². The van der Waals surface area contributed by atoms with Gasteiger partial charge in [0.25, 0.3) is 5.56 Å². The van der Waals surface area contributed by atoms with Crippen LogP contribution in [0.25, 0.3) is 16.9 Å². The van der Waals surface area contributed by atoms with Crippen LogP contribution in [0.3, 0.4) is 0 Å². The van der Waals surface area contributed by atoms with Crippen molar-refractivity contribution in [3.63, 3.8) is 0 Å². The van der Waals surface area contributed by atoms with Crippen molar-refractivity contribution in [2.75, 3.05) is 0 Å². The molecule has 9 heteroatoms. The molecular formula is C27H27Cl2N5OS. The molecule has 1 aliphatic carbocycles. The lowest BCUT2D eigenvalue weighted by atomic mass is 9.90. The number of para-hydroxylation sites is 1. The summed E-state index contributed by atoms with van der Waals surface area (Å²) in [6.07, 6.45) is 4.11. The van der Waals surface area contributed by atoms with Crippen LogP contribution in [-0.4, -0.2) is 19.8 Å². The van der Waals surface area contributed by atoms with Gasteiger partial charge in [-0.3, -0.25) is 9.48 Å². The van der Waals surface area contributed by atoms with Gasteiger partial charge in [-0.2, -0.15) is 5.10 Å². The Labute approximate surface area is 223 Å². The molecule has 1 aliphatic rings. The van der Waals surface area contributed by atoms with Gasteiger partial charge >= 0.3 is 0 Å². The van der Waals surface area contributed by atoms with E-state index in [0.717, 1.165) is 54.0 Å². The Bertz CT molecular complexity index is 1570. The molecule has 1 saturated carbocycles. The zero-order chi connectivity index (χ0) is 25.4. The number of benzene rings is 2. The first-order valence-electron chi connectivity index (χ1n) is 11.9. The molecule has 0 atom stereocenters. The van der Waals surface area contributed by atoms with Crippen molar-refractivity contribution in [2.24, 2.45) is 23.1 Å². The average molecular weight is 541 g/mol. The van der Waals surface area contributed by atoms with E-state index in [1.807, 2.05) is 65.1 Å². The molecule has 2 aromatic heterocycles. The summed E-state index contributed by atoms with van der Waals surface area (Å²) in [5, 5.41) is 8.18. The van der Waals surface area contributed by atoms with Gasteiger partial charge in [0.2, 0.25) is 4.80 Å². The van der Waals surface area contributed by atoms with Gasteiger partial charge in [0.1, 0.15) is 0 Å². The normalized spacial score (nSPS) is 16.5. The second kappa shape index (κ2) is 10.2. The van der Waals surface area contributed by atoms with Crippen LogP contribution in [0.1, 0.15) is 38.3 Å². The second-order valence-electron chi connectivity index (χ2n) is 9.21. The minimum Gasteiger partial charge on any atom is -0.283 e. The molecule has 5 rings (SSSR count). The predicted molar refractivity (Wildman–Crippen MR) is 149 cm³/mol. The van der Waals surface area contributed by atoms with Crippen LogP contribution in [0.2, 0.25) is 10.0 Å². The molecule has 36 heavy (non-hydrogen) atoms. The summed E-state index contributed by atoms with van der Waals surface area (Å²) in [4.78, 5) is 19.0. The maximum absolute atomic E-state index is 13.5. The molecule has 0 bridgehead atoms. The molecule has 2 aromatic carbocycles. The fourth-order valence-corrected chi connectivity index (χ4v) is 5.68. The van der Waals surface area contributed by atoms with Crippen molar-refractivity contribution in [3.8, 4) is 16.9 Å². The maximum atomic E-state index is 13.5. The summed E-state index contributed by atoms with van der Waals surface area (Å²) in [5.74, 6) is 0.700. The summed E-state index contributed by atoms with van der Waals surface area (Å²) < 4.78 is 5.29. The highest BCUT2D eigenvalue weighted by Crippen LogP contribution is 2.32. The average Bonchev–Trinajstić information content (AvgIpc) is 3.36. The van der Waals surface area contributed by atoms with Crippen molar-refractivity contribution < 1.29 is 0 Å². The number of halogens is 2. The summed E-state index contributed by atoms with van der Waals surface area (Å²) in [5.41, 5.74) is 4.47. The zero-order valence-electron chi connectivity index (χ0n) is 20.4. The van der Waals surface area contributed by atoms with Gasteiger partial charge in [0.05, 0.1) is 22.1 Å². The van der Waals surface area contributed by atoms with E-state index in [1.54, 1.807) is 16.8 Å².